The molecule has 6 rings (SSSR count). The summed E-state index contributed by atoms with van der Waals surface area (Å²) in [6, 6.07) is 11.2. The molecule has 1 spiro atoms. The van der Waals surface area contributed by atoms with Crippen LogP contribution >= 0.6 is 0 Å². The van der Waals surface area contributed by atoms with E-state index in [1.165, 1.54) is 6.20 Å². The molecule has 1 saturated heterocycles. The van der Waals surface area contributed by atoms with Crippen molar-refractivity contribution >= 4 is 17.0 Å². The molecule has 5 heterocycles. The van der Waals surface area contributed by atoms with Crippen molar-refractivity contribution < 1.29 is 41.8 Å². The minimum absolute atomic E-state index is 0.0934. The quantitative estimate of drug-likeness (QED) is 0.159. The first-order chi connectivity index (χ1) is 23.6. The Labute approximate surface area is 285 Å². The fraction of sp³-hybridized carbons (Fsp3) is 0.500. The van der Waals surface area contributed by atoms with Crippen LogP contribution < -0.4 is 9.47 Å². The van der Waals surface area contributed by atoms with Crippen LogP contribution in [0.5, 0.6) is 11.8 Å². The number of hydrogen-bond donors (Lipinski definition) is 1. The third-order valence-corrected chi connectivity index (χ3v) is 10.3. The van der Waals surface area contributed by atoms with Crippen LogP contribution in [0, 0.1) is 13.8 Å². The van der Waals surface area contributed by atoms with E-state index in [0.29, 0.717) is 94.6 Å². The summed E-state index contributed by atoms with van der Waals surface area (Å²) in [5.41, 5.74) is 3.94. The van der Waals surface area contributed by atoms with E-state index in [2.05, 4.69) is 21.2 Å². The summed E-state index contributed by atoms with van der Waals surface area (Å²) in [5.74, 6) is -0.388. The van der Waals surface area contributed by atoms with Gasteiger partial charge in [-0.2, -0.15) is 18.2 Å². The van der Waals surface area contributed by atoms with Crippen molar-refractivity contribution in [2.24, 2.45) is 0 Å². The molecule has 0 bridgehead atoms. The van der Waals surface area contributed by atoms with Crippen LogP contribution in [0.1, 0.15) is 59.3 Å². The molecule has 11 nitrogen and oxygen atoms in total. The van der Waals surface area contributed by atoms with Crippen LogP contribution in [-0.4, -0.2) is 85.3 Å². The summed E-state index contributed by atoms with van der Waals surface area (Å²) in [5, 5.41) is 16.1. The summed E-state index contributed by atoms with van der Waals surface area (Å²) in [6.07, 6.45) is -0.310. The molecule has 1 aromatic carbocycles. The third-order valence-electron chi connectivity index (χ3n) is 8.88. The first-order valence-electron chi connectivity index (χ1n) is 16.3. The van der Waals surface area contributed by atoms with Crippen molar-refractivity contribution in [2.75, 3.05) is 46.2 Å². The number of alkyl halides is 3. The van der Waals surface area contributed by atoms with Crippen molar-refractivity contribution in [3.63, 3.8) is 0 Å². The maximum atomic E-state index is 14.2. The molecule has 1 unspecified atom stereocenters. The van der Waals surface area contributed by atoms with Gasteiger partial charge in [-0.25, -0.2) is 0 Å². The third kappa shape index (κ3) is 8.13. The number of rotatable bonds is 12. The number of ether oxygens (including phenoxy) is 4. The van der Waals surface area contributed by atoms with Gasteiger partial charge in [-0.3, -0.25) is 4.40 Å². The predicted octanol–water partition coefficient (Wildman–Crippen LogP) is 4.99. The molecular weight excluding hydrogens is 663 g/mol. The minimum atomic E-state index is -4.61. The van der Waals surface area contributed by atoms with Crippen molar-refractivity contribution in [3.8, 4) is 11.8 Å². The lowest BCUT2D eigenvalue weighted by atomic mass is 9.93. The fourth-order valence-electron chi connectivity index (χ4n) is 6.10. The number of halogens is 3. The molecule has 264 valence electrons. The highest BCUT2D eigenvalue weighted by Gasteiger charge is 2.46. The van der Waals surface area contributed by atoms with Gasteiger partial charge in [0.05, 0.1) is 44.3 Å². The van der Waals surface area contributed by atoms with Gasteiger partial charge in [0, 0.05) is 57.4 Å². The zero-order chi connectivity index (χ0) is 34.6. The van der Waals surface area contributed by atoms with Crippen molar-refractivity contribution in [3.05, 3.63) is 76.2 Å². The molecule has 2 aliphatic heterocycles. The number of nitrogens with zero attached hydrogens (tertiary/aromatic N) is 5. The predicted molar refractivity (Wildman–Crippen MR) is 174 cm³/mol. The van der Waals surface area contributed by atoms with Gasteiger partial charge >= 0.3 is 6.18 Å². The topological polar surface area (TPSA) is 127 Å². The second-order valence-electron chi connectivity index (χ2n) is 12.4. The number of aryl methyl sites for hydroxylation is 2. The van der Waals surface area contributed by atoms with Gasteiger partial charge in [-0.15, -0.1) is 14.5 Å². The van der Waals surface area contributed by atoms with Crippen molar-refractivity contribution in [1.29, 1.82) is 0 Å². The summed E-state index contributed by atoms with van der Waals surface area (Å²) in [4.78, 5) is 5.10. The Balaban J connectivity index is 1.21. The highest BCUT2D eigenvalue weighted by molar-refractivity contribution is 7.89. The monoisotopic (exact) mass is 703 g/mol. The van der Waals surface area contributed by atoms with Crippen LogP contribution in [0.3, 0.4) is 0 Å². The number of hydrogen-bond acceptors (Lipinski definition) is 10. The molecular formula is C34H40F3N5O6S. The average molecular weight is 704 g/mol. The first-order valence-corrected chi connectivity index (χ1v) is 17.4. The number of benzene rings is 1. The Morgan fingerprint density at radius 2 is 1.82 bits per heavy atom. The van der Waals surface area contributed by atoms with Crippen molar-refractivity contribution in [2.45, 2.75) is 69.2 Å². The van der Waals surface area contributed by atoms with E-state index in [0.717, 1.165) is 26.7 Å². The summed E-state index contributed by atoms with van der Waals surface area (Å²) < 4.78 is 80.9. The second kappa shape index (κ2) is 15.2. The zero-order valence-corrected chi connectivity index (χ0v) is 28.3. The lowest BCUT2D eigenvalue weighted by Crippen LogP contribution is -2.50. The first kappa shape index (κ1) is 35.4. The van der Waals surface area contributed by atoms with Gasteiger partial charge in [0.15, 0.2) is 5.65 Å². The highest BCUT2D eigenvalue weighted by atomic mass is 32.2. The molecule has 15 heteroatoms. The van der Waals surface area contributed by atoms with Crippen molar-refractivity contribution in [1.82, 2.24) is 23.9 Å². The average Bonchev–Trinajstić information content (AvgIpc) is 3.49. The Bertz CT molecular complexity index is 1750. The fourth-order valence-corrected chi connectivity index (χ4v) is 7.41. The smallest absolute Gasteiger partial charge is 0.452 e. The molecule has 2 aliphatic rings. The molecule has 49 heavy (non-hydrogen) atoms. The normalized spacial score (nSPS) is 18.0. The largest absolute Gasteiger partial charge is 0.593 e. The lowest BCUT2D eigenvalue weighted by Gasteiger charge is -2.37. The maximum absolute atomic E-state index is 14.2. The SMILES string of the molecule is Cc1ccc(Cc2ccn3c(C(F)(F)F)nnc3c2C)cc1CN1CC2(CCOCC2)Oc2nc(OCCCOCCCO)ccc2[S+]1[O-]. The number of aliphatic hydroxyl groups excluding tert-OH is 1. The molecule has 1 atom stereocenters. The molecule has 3 aromatic heterocycles. The number of fused-ring (bicyclic) bond motifs is 2. The van der Waals surface area contributed by atoms with E-state index in [4.69, 9.17) is 24.1 Å². The van der Waals surface area contributed by atoms with Crippen LogP contribution in [0.15, 0.2) is 47.5 Å². The van der Waals surface area contributed by atoms with E-state index in [1.54, 1.807) is 25.1 Å². The minimum Gasteiger partial charge on any atom is -0.593 e. The second-order valence-corrected chi connectivity index (χ2v) is 13.9. The Morgan fingerprint density at radius 1 is 1.02 bits per heavy atom. The zero-order valence-electron chi connectivity index (χ0n) is 27.5. The van der Waals surface area contributed by atoms with Crippen LogP contribution in [0.2, 0.25) is 0 Å². The number of aromatic nitrogens is 4. The Hall–Kier alpha value is -3.47. The molecule has 0 amide bonds. The standard InChI is InChI=1S/C34H40F3N5O6S/c1-23-5-6-25(19-26-9-12-42-30(24(26)2)39-40-32(42)34(35,36)37)20-27(23)21-41-22-33(10-17-46-18-11-33)48-31-28(49(41)44)7-8-29(38-31)47-16-4-15-45-14-3-13-43/h5-9,12,20,43H,3-4,10-11,13-19,21-22H2,1-2H3. The number of aliphatic hydroxyl groups is 1. The van der Waals surface area contributed by atoms with Gasteiger partial charge in [0.25, 0.3) is 5.88 Å². The molecule has 4 aromatic rings. The van der Waals surface area contributed by atoms with Gasteiger partial charge < -0.3 is 28.6 Å². The van der Waals surface area contributed by atoms with Gasteiger partial charge in [0.2, 0.25) is 16.6 Å². The van der Waals surface area contributed by atoms with E-state index in [9.17, 15) is 17.7 Å². The van der Waals surface area contributed by atoms with E-state index >= 15 is 0 Å². The van der Waals surface area contributed by atoms with E-state index in [1.807, 2.05) is 23.4 Å². The summed E-state index contributed by atoms with van der Waals surface area (Å²) in [7, 11) is 0. The molecule has 1 N–H and O–H groups in total. The Kier molecular flexibility index (Phi) is 11.0. The van der Waals surface area contributed by atoms with Gasteiger partial charge in [0.1, 0.15) is 5.60 Å². The summed E-state index contributed by atoms with van der Waals surface area (Å²) in [6.45, 7) is 7.03. The van der Waals surface area contributed by atoms with E-state index in [-0.39, 0.29) is 18.1 Å². The lowest BCUT2D eigenvalue weighted by molar-refractivity contribution is -0.145. The van der Waals surface area contributed by atoms with Crippen LogP contribution in [-0.2, 0) is 40.0 Å². The molecule has 0 radical (unpaired) electrons. The molecule has 1 fully saturated rings. The maximum Gasteiger partial charge on any atom is 0.452 e. The van der Waals surface area contributed by atoms with Crippen LogP contribution in [0.25, 0.3) is 5.65 Å². The van der Waals surface area contributed by atoms with E-state index < -0.39 is 29.0 Å². The highest BCUT2D eigenvalue weighted by Crippen LogP contribution is 2.39. The molecule has 0 saturated carbocycles. The van der Waals surface area contributed by atoms with Crippen LogP contribution in [0.4, 0.5) is 13.2 Å². The number of pyridine rings is 2. The summed E-state index contributed by atoms with van der Waals surface area (Å²) >= 11 is -1.60. The Morgan fingerprint density at radius 3 is 2.59 bits per heavy atom. The van der Waals surface area contributed by atoms with Gasteiger partial charge in [-0.1, -0.05) is 18.2 Å². The molecule has 0 aliphatic carbocycles. The van der Waals surface area contributed by atoms with Gasteiger partial charge in [-0.05, 0) is 60.6 Å².